The molecule has 1 unspecified atom stereocenters. The van der Waals surface area contributed by atoms with Gasteiger partial charge in [-0.1, -0.05) is 360 Å². The Bertz CT molecular complexity index is 1210. The Labute approximate surface area is 488 Å². The quantitative estimate of drug-likeness (QED) is 0.0261. The number of ether oxygens (including phenoxy) is 3. The minimum absolute atomic E-state index is 0.0657. The van der Waals surface area contributed by atoms with Crippen molar-refractivity contribution in [1.29, 1.82) is 0 Å². The smallest absolute Gasteiger partial charge is 0.306 e. The summed E-state index contributed by atoms with van der Waals surface area (Å²) in [4.78, 5) is 38.4. The lowest BCUT2D eigenvalue weighted by molar-refractivity contribution is -0.167. The largest absolute Gasteiger partial charge is 0.462 e. The third kappa shape index (κ3) is 65.0. The molecule has 0 aliphatic rings. The molecule has 0 aliphatic heterocycles. The van der Waals surface area contributed by atoms with E-state index in [1.165, 1.54) is 308 Å². The van der Waals surface area contributed by atoms with E-state index in [1.807, 2.05) is 0 Å². The summed E-state index contributed by atoms with van der Waals surface area (Å²) in [7, 11) is 0. The van der Waals surface area contributed by atoms with Gasteiger partial charge in [-0.05, 0) is 44.9 Å². The first kappa shape index (κ1) is 76.1. The molecule has 78 heavy (non-hydrogen) atoms. The van der Waals surface area contributed by atoms with Crippen LogP contribution in [0.25, 0.3) is 0 Å². The number of hydrogen-bond acceptors (Lipinski definition) is 6. The summed E-state index contributed by atoms with van der Waals surface area (Å²) in [6.07, 6.45) is 81.1. The molecule has 0 aliphatic carbocycles. The molecule has 0 saturated heterocycles. The highest BCUT2D eigenvalue weighted by Gasteiger charge is 2.19. The van der Waals surface area contributed by atoms with Crippen LogP contribution in [0.5, 0.6) is 0 Å². The van der Waals surface area contributed by atoms with E-state index in [1.54, 1.807) is 0 Å². The van der Waals surface area contributed by atoms with Crippen molar-refractivity contribution in [2.24, 2.45) is 0 Å². The summed E-state index contributed by atoms with van der Waals surface area (Å²) >= 11 is 0. The topological polar surface area (TPSA) is 78.9 Å². The van der Waals surface area contributed by atoms with Crippen LogP contribution in [0.4, 0.5) is 0 Å². The van der Waals surface area contributed by atoms with Gasteiger partial charge < -0.3 is 14.2 Å². The van der Waals surface area contributed by atoms with Crippen molar-refractivity contribution in [2.45, 2.75) is 419 Å². The summed E-state index contributed by atoms with van der Waals surface area (Å²) < 4.78 is 17.0. The van der Waals surface area contributed by atoms with Crippen LogP contribution in [0.15, 0.2) is 12.2 Å². The molecular weight excluding hydrogens is 961 g/mol. The Morgan fingerprint density at radius 3 is 0.641 bits per heavy atom. The summed E-state index contributed by atoms with van der Waals surface area (Å²) in [6, 6.07) is 0. The van der Waals surface area contributed by atoms with Gasteiger partial charge in [0.15, 0.2) is 6.10 Å². The number of carbonyl (C=O) groups excluding carboxylic acids is 3. The van der Waals surface area contributed by atoms with Crippen LogP contribution in [0.2, 0.25) is 0 Å². The third-order valence-corrected chi connectivity index (χ3v) is 16.5. The van der Waals surface area contributed by atoms with Gasteiger partial charge in [0.2, 0.25) is 0 Å². The lowest BCUT2D eigenvalue weighted by Gasteiger charge is -2.18. The molecule has 0 N–H and O–H groups in total. The van der Waals surface area contributed by atoms with Gasteiger partial charge in [-0.3, -0.25) is 14.4 Å². The molecule has 6 heteroatoms. The van der Waals surface area contributed by atoms with Crippen LogP contribution in [0.3, 0.4) is 0 Å². The van der Waals surface area contributed by atoms with Gasteiger partial charge in [0, 0.05) is 19.3 Å². The van der Waals surface area contributed by atoms with Crippen molar-refractivity contribution in [3.8, 4) is 0 Å². The maximum absolute atomic E-state index is 12.9. The number of hydrogen-bond donors (Lipinski definition) is 0. The first-order valence-corrected chi connectivity index (χ1v) is 35.7. The van der Waals surface area contributed by atoms with Crippen molar-refractivity contribution < 1.29 is 28.6 Å². The van der Waals surface area contributed by atoms with Crippen molar-refractivity contribution in [3.63, 3.8) is 0 Å². The molecule has 0 aromatic rings. The second-order valence-corrected chi connectivity index (χ2v) is 24.5. The zero-order valence-corrected chi connectivity index (χ0v) is 53.2. The van der Waals surface area contributed by atoms with Crippen LogP contribution in [0, 0.1) is 0 Å². The van der Waals surface area contributed by atoms with E-state index in [4.69, 9.17) is 14.2 Å². The van der Waals surface area contributed by atoms with Crippen LogP contribution in [-0.4, -0.2) is 37.2 Å². The molecule has 0 spiro atoms. The van der Waals surface area contributed by atoms with Gasteiger partial charge in [-0.2, -0.15) is 0 Å². The Morgan fingerprint density at radius 1 is 0.244 bits per heavy atom. The first-order chi connectivity index (χ1) is 38.5. The zero-order valence-electron chi connectivity index (χ0n) is 53.2. The van der Waals surface area contributed by atoms with E-state index in [0.29, 0.717) is 19.3 Å². The fourth-order valence-corrected chi connectivity index (χ4v) is 11.2. The van der Waals surface area contributed by atoms with E-state index >= 15 is 0 Å². The predicted molar refractivity (Wildman–Crippen MR) is 340 cm³/mol. The van der Waals surface area contributed by atoms with E-state index < -0.39 is 6.10 Å². The Morgan fingerprint density at radius 2 is 0.423 bits per heavy atom. The van der Waals surface area contributed by atoms with E-state index in [-0.39, 0.29) is 31.1 Å². The number of carbonyl (C=O) groups is 3. The third-order valence-electron chi connectivity index (χ3n) is 16.5. The summed E-state index contributed by atoms with van der Waals surface area (Å²) in [5.41, 5.74) is 0. The van der Waals surface area contributed by atoms with Gasteiger partial charge in [-0.15, -0.1) is 0 Å². The SMILES string of the molecule is CCCCCCCC/C=C\CCCCCCCC(=O)OCC(COC(=O)CCCCCCCCCCCCCCCCCCCCCCCCCCCCCCC)OC(=O)CCCCCCCCCCCCCCCCCC. The lowest BCUT2D eigenvalue weighted by atomic mass is 10.0. The highest BCUT2D eigenvalue weighted by atomic mass is 16.6. The maximum Gasteiger partial charge on any atom is 0.306 e. The van der Waals surface area contributed by atoms with Gasteiger partial charge in [0.1, 0.15) is 13.2 Å². The summed E-state index contributed by atoms with van der Waals surface area (Å²) in [6.45, 7) is 6.72. The molecule has 0 rings (SSSR count). The predicted octanol–water partition coefficient (Wildman–Crippen LogP) is 24.4. The molecule has 0 aromatic heterocycles. The molecule has 0 amide bonds. The highest BCUT2D eigenvalue weighted by Crippen LogP contribution is 2.19. The van der Waals surface area contributed by atoms with Crippen molar-refractivity contribution >= 4 is 17.9 Å². The molecular formula is C72H138O6. The number of rotatable bonds is 67. The highest BCUT2D eigenvalue weighted by molar-refractivity contribution is 5.71. The monoisotopic (exact) mass is 1100 g/mol. The maximum atomic E-state index is 12.9. The molecule has 1 atom stereocenters. The van der Waals surface area contributed by atoms with Crippen LogP contribution in [-0.2, 0) is 28.6 Å². The molecule has 0 radical (unpaired) electrons. The molecule has 462 valence electrons. The average Bonchev–Trinajstić information content (AvgIpc) is 3.44. The van der Waals surface area contributed by atoms with Crippen molar-refractivity contribution in [1.82, 2.24) is 0 Å². The number of unbranched alkanes of at least 4 members (excludes halogenated alkanes) is 54. The minimum Gasteiger partial charge on any atom is -0.462 e. The summed E-state index contributed by atoms with van der Waals surface area (Å²) in [5.74, 6) is -0.840. The molecule has 0 aromatic carbocycles. The van der Waals surface area contributed by atoms with Gasteiger partial charge in [-0.25, -0.2) is 0 Å². The molecule has 0 fully saturated rings. The average molecular weight is 1100 g/mol. The zero-order chi connectivity index (χ0) is 56.4. The Balaban J connectivity index is 4.15. The van der Waals surface area contributed by atoms with Crippen molar-refractivity contribution in [2.75, 3.05) is 13.2 Å². The fraction of sp³-hybridized carbons (Fsp3) is 0.931. The molecule has 6 nitrogen and oxygen atoms in total. The lowest BCUT2D eigenvalue weighted by Crippen LogP contribution is -2.30. The first-order valence-electron chi connectivity index (χ1n) is 35.7. The van der Waals surface area contributed by atoms with Crippen LogP contribution >= 0.6 is 0 Å². The van der Waals surface area contributed by atoms with Crippen LogP contribution < -0.4 is 0 Å². The van der Waals surface area contributed by atoms with E-state index in [0.717, 1.165) is 64.2 Å². The fourth-order valence-electron chi connectivity index (χ4n) is 11.2. The Hall–Kier alpha value is -1.85. The van der Waals surface area contributed by atoms with Gasteiger partial charge in [0.25, 0.3) is 0 Å². The standard InChI is InChI=1S/C72H138O6/c1-4-7-10-13-16-19-22-25-28-30-31-32-33-34-35-36-37-38-39-40-41-42-45-47-50-53-56-59-62-65-71(74)77-68-69(67-76-70(73)64-61-58-55-52-49-46-43-27-24-21-18-15-12-9-6-3)78-72(75)66-63-60-57-54-51-48-44-29-26-23-20-17-14-11-8-5-2/h27,43,69H,4-26,28-42,44-68H2,1-3H3/b43-27-. The molecule has 0 bridgehead atoms. The number of allylic oxidation sites excluding steroid dienone is 2. The summed E-state index contributed by atoms with van der Waals surface area (Å²) in [5, 5.41) is 0. The minimum atomic E-state index is -0.769. The normalized spacial score (nSPS) is 12.0. The molecule has 0 saturated carbocycles. The van der Waals surface area contributed by atoms with Crippen LogP contribution in [0.1, 0.15) is 412 Å². The number of esters is 3. The van der Waals surface area contributed by atoms with Gasteiger partial charge >= 0.3 is 17.9 Å². The van der Waals surface area contributed by atoms with E-state index in [9.17, 15) is 14.4 Å². The second kappa shape index (κ2) is 67.7. The van der Waals surface area contributed by atoms with Gasteiger partial charge in [0.05, 0.1) is 0 Å². The second-order valence-electron chi connectivity index (χ2n) is 24.5. The Kier molecular flexibility index (Phi) is 66.0. The van der Waals surface area contributed by atoms with Crippen molar-refractivity contribution in [3.05, 3.63) is 12.2 Å². The van der Waals surface area contributed by atoms with E-state index in [2.05, 4.69) is 32.9 Å². The molecule has 0 heterocycles.